The summed E-state index contributed by atoms with van der Waals surface area (Å²) in [4.78, 5) is 45.1. The molecule has 3 aromatic rings. The van der Waals surface area contributed by atoms with E-state index in [4.69, 9.17) is 15.0 Å². The third kappa shape index (κ3) is 7.88. The number of nitrogens with one attached hydrogen (secondary N) is 1. The number of nitrogens with zero attached hydrogens (tertiary/aromatic N) is 5. The molecule has 1 N–H and O–H groups in total. The van der Waals surface area contributed by atoms with Crippen LogP contribution in [0.3, 0.4) is 0 Å². The van der Waals surface area contributed by atoms with Crippen LogP contribution in [0.2, 0.25) is 0 Å². The highest BCUT2D eigenvalue weighted by molar-refractivity contribution is 7.20. The molecule has 1 aromatic carbocycles. The molecule has 0 unspecified atom stereocenters. The predicted octanol–water partition coefficient (Wildman–Crippen LogP) is 4.22. The Morgan fingerprint density at radius 2 is 1.87 bits per heavy atom. The lowest BCUT2D eigenvalue weighted by Gasteiger charge is -2.29. The molecule has 1 fully saturated rings. The summed E-state index contributed by atoms with van der Waals surface area (Å²) in [6, 6.07) is 11.0. The van der Waals surface area contributed by atoms with Crippen LogP contribution in [-0.4, -0.2) is 47.7 Å². The number of rotatable bonds is 8. The number of carbonyl (C=O) groups excluding carboxylic acids is 2. The fraction of sp³-hybridized carbons (Fsp3) is 0.429. The zero-order valence-corrected chi connectivity index (χ0v) is 23.4. The summed E-state index contributed by atoms with van der Waals surface area (Å²) >= 11 is 1.08. The van der Waals surface area contributed by atoms with Gasteiger partial charge in [-0.05, 0) is 43.9 Å². The smallest absolute Gasteiger partial charge is 0.307 e. The standard InChI is InChI=1S/C25H27N5O4S.C2H6.CHN/c1-2-34-21(31)10-11-27-23(32)20-14-19-22(35-20)24(33)30(16-18-9-5-4-8-17(18)15-26)25(28-19)29-12-6-3-7-13-29;2*1-2/h4-5,8-9,14H,2-3,6-7,10-13,16H2,1H3,(H,27,32);1-2H3;1H. The Morgan fingerprint density at radius 3 is 2.54 bits per heavy atom. The molecule has 1 amide bonds. The molecule has 39 heavy (non-hydrogen) atoms. The lowest BCUT2D eigenvalue weighted by molar-refractivity contribution is -0.142. The number of fused-ring (bicyclic) bond motifs is 1. The fourth-order valence-electron chi connectivity index (χ4n) is 4.12. The van der Waals surface area contributed by atoms with Crippen LogP contribution in [0.1, 0.15) is 67.3 Å². The van der Waals surface area contributed by atoms with Gasteiger partial charge in [0.2, 0.25) is 5.95 Å². The van der Waals surface area contributed by atoms with Gasteiger partial charge >= 0.3 is 5.97 Å². The summed E-state index contributed by atoms with van der Waals surface area (Å²) in [6.07, 6.45) is 3.24. The minimum absolute atomic E-state index is 0.0763. The van der Waals surface area contributed by atoms with Crippen molar-refractivity contribution in [1.29, 1.82) is 10.5 Å². The van der Waals surface area contributed by atoms with Gasteiger partial charge in [0.05, 0.1) is 41.6 Å². The number of amides is 1. The molecule has 2 aromatic heterocycles. The largest absolute Gasteiger partial charge is 0.466 e. The first-order valence-electron chi connectivity index (χ1n) is 13.0. The van der Waals surface area contributed by atoms with Crippen LogP contribution in [0.4, 0.5) is 5.95 Å². The van der Waals surface area contributed by atoms with E-state index in [1.54, 1.807) is 29.7 Å². The van der Waals surface area contributed by atoms with Crippen molar-refractivity contribution in [3.05, 3.63) is 56.7 Å². The molecule has 1 saturated heterocycles. The van der Waals surface area contributed by atoms with Crippen LogP contribution in [0.5, 0.6) is 0 Å². The Bertz CT molecular complexity index is 1380. The number of ether oxygens (including phenoxy) is 1. The molecule has 1 aliphatic heterocycles. The quantitative estimate of drug-likeness (QED) is 0.411. The Labute approximate surface area is 232 Å². The van der Waals surface area contributed by atoms with Gasteiger partial charge in [0.25, 0.3) is 11.5 Å². The van der Waals surface area contributed by atoms with Gasteiger partial charge in [-0.15, -0.1) is 11.3 Å². The van der Waals surface area contributed by atoms with Crippen LogP contribution in [0.25, 0.3) is 10.2 Å². The van der Waals surface area contributed by atoms with Gasteiger partial charge in [-0.2, -0.15) is 5.26 Å². The Balaban J connectivity index is 0.00000127. The van der Waals surface area contributed by atoms with Crippen LogP contribution in [-0.2, 0) is 16.1 Å². The van der Waals surface area contributed by atoms with Crippen molar-refractivity contribution >= 4 is 39.4 Å². The average Bonchev–Trinajstić information content (AvgIpc) is 3.42. The first-order valence-corrected chi connectivity index (χ1v) is 13.8. The Kier molecular flexibility index (Phi) is 12.6. The van der Waals surface area contributed by atoms with Crippen molar-refractivity contribution in [2.75, 3.05) is 31.1 Å². The average molecular weight is 551 g/mol. The number of anilines is 1. The van der Waals surface area contributed by atoms with Crippen molar-refractivity contribution in [3.8, 4) is 12.6 Å². The summed E-state index contributed by atoms with van der Waals surface area (Å²) < 4.78 is 6.87. The highest BCUT2D eigenvalue weighted by Crippen LogP contribution is 2.26. The van der Waals surface area contributed by atoms with E-state index in [0.29, 0.717) is 33.2 Å². The zero-order chi connectivity index (χ0) is 28.8. The SMILES string of the molecule is C#N.CC.CCOC(=O)CCNC(=O)c1cc2nc(N3CCCCC3)n(Cc3ccccc3C#N)c(=O)c2s1. The van der Waals surface area contributed by atoms with Gasteiger partial charge in [0.15, 0.2) is 0 Å². The Hall–Kier alpha value is -4.22. The van der Waals surface area contributed by atoms with Gasteiger partial charge < -0.3 is 15.0 Å². The fourth-order valence-corrected chi connectivity index (χ4v) is 5.09. The van der Waals surface area contributed by atoms with Crippen molar-refractivity contribution < 1.29 is 14.3 Å². The first-order chi connectivity index (χ1) is 19.0. The van der Waals surface area contributed by atoms with E-state index in [1.807, 2.05) is 26.0 Å². The van der Waals surface area contributed by atoms with Gasteiger partial charge in [-0.1, -0.05) is 32.0 Å². The lowest BCUT2D eigenvalue weighted by atomic mass is 10.1. The monoisotopic (exact) mass is 550 g/mol. The van der Waals surface area contributed by atoms with Gasteiger partial charge in [-0.25, -0.2) is 10.2 Å². The summed E-state index contributed by atoms with van der Waals surface area (Å²) in [6.45, 7) is 11.5. The molecule has 0 saturated carbocycles. The van der Waals surface area contributed by atoms with Crippen LogP contribution in [0.15, 0.2) is 35.1 Å². The van der Waals surface area contributed by atoms with Crippen LogP contribution < -0.4 is 15.8 Å². The third-order valence-corrected chi connectivity index (χ3v) is 6.97. The number of hydrogen-bond acceptors (Lipinski definition) is 9. The van der Waals surface area contributed by atoms with Gasteiger partial charge in [-0.3, -0.25) is 19.0 Å². The second-order valence-corrected chi connectivity index (χ2v) is 9.31. The van der Waals surface area contributed by atoms with E-state index in [1.165, 1.54) is 0 Å². The molecule has 1 aliphatic rings. The third-order valence-electron chi connectivity index (χ3n) is 5.86. The van der Waals surface area contributed by atoms with E-state index >= 15 is 0 Å². The highest BCUT2D eigenvalue weighted by Gasteiger charge is 2.22. The van der Waals surface area contributed by atoms with Crippen molar-refractivity contribution in [2.45, 2.75) is 53.0 Å². The van der Waals surface area contributed by atoms with Crippen molar-refractivity contribution in [1.82, 2.24) is 14.9 Å². The number of aromatic nitrogens is 2. The minimum Gasteiger partial charge on any atom is -0.466 e. The number of esters is 1. The summed E-state index contributed by atoms with van der Waals surface area (Å²) in [7, 11) is 0. The normalized spacial score (nSPS) is 12.3. The number of benzene rings is 1. The number of carbonyl (C=O) groups is 2. The maximum absolute atomic E-state index is 13.6. The van der Waals surface area contributed by atoms with E-state index in [0.717, 1.165) is 49.3 Å². The van der Waals surface area contributed by atoms with Gasteiger partial charge in [0, 0.05) is 26.2 Å². The molecule has 0 radical (unpaired) electrons. The first kappa shape index (κ1) is 31.0. The van der Waals surface area contributed by atoms with Gasteiger partial charge in [0.1, 0.15) is 4.70 Å². The van der Waals surface area contributed by atoms with E-state index < -0.39 is 0 Å². The molecule has 3 heterocycles. The van der Waals surface area contributed by atoms with Crippen molar-refractivity contribution in [2.24, 2.45) is 0 Å². The van der Waals surface area contributed by atoms with Crippen LogP contribution in [0, 0.1) is 23.2 Å². The summed E-state index contributed by atoms with van der Waals surface area (Å²) in [5, 5.41) is 18.7. The number of hydrogen-bond donors (Lipinski definition) is 1. The molecule has 4 rings (SSSR count). The number of thiophene rings is 1. The molecule has 10 nitrogen and oxygen atoms in total. The van der Waals surface area contributed by atoms with Crippen molar-refractivity contribution in [3.63, 3.8) is 0 Å². The van der Waals surface area contributed by atoms with Crippen LogP contribution >= 0.6 is 11.3 Å². The maximum atomic E-state index is 13.6. The lowest BCUT2D eigenvalue weighted by Crippen LogP contribution is -2.36. The molecule has 0 aliphatic carbocycles. The second-order valence-electron chi connectivity index (χ2n) is 8.26. The molecule has 206 valence electrons. The summed E-state index contributed by atoms with van der Waals surface area (Å²) in [5.74, 6) is -0.183. The van der Waals surface area contributed by atoms with E-state index in [-0.39, 0.29) is 36.9 Å². The zero-order valence-electron chi connectivity index (χ0n) is 22.6. The minimum atomic E-state index is -0.377. The predicted molar refractivity (Wildman–Crippen MR) is 152 cm³/mol. The summed E-state index contributed by atoms with van der Waals surface area (Å²) in [5.41, 5.74) is 1.49. The highest BCUT2D eigenvalue weighted by atomic mass is 32.1. The molecule has 0 bridgehead atoms. The molecular weight excluding hydrogens is 516 g/mol. The number of piperidine rings is 1. The second kappa shape index (κ2) is 15.9. The molecule has 11 heteroatoms. The van der Waals surface area contributed by atoms with E-state index in [2.05, 4.69) is 22.9 Å². The van der Waals surface area contributed by atoms with E-state index in [9.17, 15) is 19.6 Å². The maximum Gasteiger partial charge on any atom is 0.307 e. The molecule has 0 spiro atoms. The Morgan fingerprint density at radius 1 is 1.18 bits per heavy atom. The molecule has 0 atom stereocenters. The number of nitriles is 2. The topological polar surface area (TPSA) is 141 Å². The molecular formula is C28H34N6O4S.